The molecule has 6 nitrogen and oxygen atoms in total. The Kier molecular flexibility index (Phi) is 4.67. The highest BCUT2D eigenvalue weighted by Crippen LogP contribution is 2.18. The fourth-order valence-corrected chi connectivity index (χ4v) is 3.08. The van der Waals surface area contributed by atoms with Crippen LogP contribution in [0.25, 0.3) is 0 Å². The molecule has 21 heavy (non-hydrogen) atoms. The maximum absolute atomic E-state index is 10.3. The molecule has 1 aliphatic heterocycles. The molecule has 114 valence electrons. The summed E-state index contributed by atoms with van der Waals surface area (Å²) in [7, 11) is 0. The van der Waals surface area contributed by atoms with Gasteiger partial charge in [0.25, 0.3) is 0 Å². The minimum atomic E-state index is -0.386. The first-order valence-electron chi connectivity index (χ1n) is 7.68. The van der Waals surface area contributed by atoms with Crippen LogP contribution in [0.2, 0.25) is 0 Å². The molecule has 3 rings (SSSR count). The number of piperidine rings is 1. The molecule has 2 aromatic rings. The zero-order valence-corrected chi connectivity index (χ0v) is 12.3. The van der Waals surface area contributed by atoms with Crippen LogP contribution in [0.5, 0.6) is 0 Å². The molecule has 0 aliphatic carbocycles. The van der Waals surface area contributed by atoms with E-state index in [-0.39, 0.29) is 6.10 Å². The minimum absolute atomic E-state index is 0.386. The Morgan fingerprint density at radius 1 is 1.05 bits per heavy atom. The first kappa shape index (κ1) is 14.3. The second-order valence-electron chi connectivity index (χ2n) is 5.75. The Morgan fingerprint density at radius 3 is 2.52 bits per heavy atom. The molecule has 6 heteroatoms. The topological polar surface area (TPSA) is 59.1 Å². The maximum atomic E-state index is 10.3. The first-order valence-corrected chi connectivity index (χ1v) is 7.68. The van der Waals surface area contributed by atoms with Gasteiger partial charge < -0.3 is 5.11 Å². The predicted octanol–water partition coefficient (Wildman–Crippen LogP) is 0.995. The van der Waals surface area contributed by atoms with Gasteiger partial charge in [-0.3, -0.25) is 14.3 Å². The number of rotatable bonds is 6. The molecule has 1 fully saturated rings. The highest BCUT2D eigenvalue weighted by molar-refractivity contribution is 4.84. The van der Waals surface area contributed by atoms with Crippen molar-refractivity contribution in [2.75, 3.05) is 13.1 Å². The Labute approximate surface area is 125 Å². The summed E-state index contributed by atoms with van der Waals surface area (Å²) in [5, 5.41) is 18.7. The van der Waals surface area contributed by atoms with Crippen molar-refractivity contribution in [3.05, 3.63) is 36.9 Å². The lowest BCUT2D eigenvalue weighted by molar-refractivity contribution is 0.0496. The molecule has 0 unspecified atom stereocenters. The number of β-amino-alcohol motifs (C(OH)–C–C–N with tert-alkyl or cyclic N) is 1. The number of aliphatic hydroxyl groups is 1. The molecule has 1 aliphatic rings. The highest BCUT2D eigenvalue weighted by Gasteiger charge is 2.24. The molecule has 3 heterocycles. The van der Waals surface area contributed by atoms with Gasteiger partial charge in [0.15, 0.2) is 0 Å². The summed E-state index contributed by atoms with van der Waals surface area (Å²) in [4.78, 5) is 2.40. The second-order valence-corrected chi connectivity index (χ2v) is 5.75. The van der Waals surface area contributed by atoms with Crippen molar-refractivity contribution < 1.29 is 5.11 Å². The van der Waals surface area contributed by atoms with Crippen LogP contribution in [-0.2, 0) is 13.1 Å². The van der Waals surface area contributed by atoms with Crippen molar-refractivity contribution in [2.24, 2.45) is 0 Å². The molecule has 0 bridgehead atoms. The summed E-state index contributed by atoms with van der Waals surface area (Å²) < 4.78 is 3.78. The average Bonchev–Trinajstić information content (AvgIpc) is 3.14. The van der Waals surface area contributed by atoms with E-state index in [0.717, 1.165) is 13.1 Å². The number of nitrogens with zero attached hydrogens (tertiary/aromatic N) is 5. The van der Waals surface area contributed by atoms with E-state index in [1.54, 1.807) is 10.9 Å². The third kappa shape index (κ3) is 3.92. The number of aliphatic hydroxyl groups excluding tert-OH is 1. The third-order valence-corrected chi connectivity index (χ3v) is 4.11. The zero-order chi connectivity index (χ0) is 14.5. The molecule has 1 saturated heterocycles. The fraction of sp³-hybridized carbons (Fsp3) is 0.600. The lowest BCUT2D eigenvalue weighted by Crippen LogP contribution is -2.46. The van der Waals surface area contributed by atoms with Crippen LogP contribution < -0.4 is 0 Å². The largest absolute Gasteiger partial charge is 0.390 e. The second kappa shape index (κ2) is 6.87. The van der Waals surface area contributed by atoms with Crippen LogP contribution in [0.1, 0.15) is 19.3 Å². The summed E-state index contributed by atoms with van der Waals surface area (Å²) in [6, 6.07) is 4.30. The summed E-state index contributed by atoms with van der Waals surface area (Å²) in [6.45, 7) is 3.22. The number of hydrogen-bond acceptors (Lipinski definition) is 4. The molecular formula is C15H23N5O. The molecule has 0 amide bonds. The normalized spacial score (nSPS) is 21.5. The SMILES string of the molecule is O[C@H](CN1CCCC[C@H]1Cn1cccn1)Cn1cccn1. The maximum Gasteiger partial charge on any atom is 0.0862 e. The monoisotopic (exact) mass is 289 g/mol. The van der Waals surface area contributed by atoms with E-state index in [0.29, 0.717) is 19.1 Å². The zero-order valence-electron chi connectivity index (χ0n) is 12.3. The van der Waals surface area contributed by atoms with E-state index in [2.05, 4.69) is 15.1 Å². The summed E-state index contributed by atoms with van der Waals surface area (Å²) in [6.07, 6.45) is 10.7. The van der Waals surface area contributed by atoms with E-state index < -0.39 is 0 Å². The smallest absolute Gasteiger partial charge is 0.0862 e. The van der Waals surface area contributed by atoms with Crippen LogP contribution in [0, 0.1) is 0 Å². The van der Waals surface area contributed by atoms with E-state index in [1.807, 2.05) is 35.4 Å². The quantitative estimate of drug-likeness (QED) is 0.862. The van der Waals surface area contributed by atoms with Gasteiger partial charge in [-0.05, 0) is 31.5 Å². The average molecular weight is 289 g/mol. The molecule has 2 atom stereocenters. The van der Waals surface area contributed by atoms with Crippen LogP contribution in [0.3, 0.4) is 0 Å². The van der Waals surface area contributed by atoms with Gasteiger partial charge in [-0.15, -0.1) is 0 Å². The lowest BCUT2D eigenvalue weighted by atomic mass is 10.0. The Morgan fingerprint density at radius 2 is 1.81 bits per heavy atom. The van der Waals surface area contributed by atoms with Gasteiger partial charge in [-0.2, -0.15) is 10.2 Å². The Balaban J connectivity index is 1.56. The van der Waals surface area contributed by atoms with Crippen molar-refractivity contribution in [3.8, 4) is 0 Å². The van der Waals surface area contributed by atoms with E-state index in [1.165, 1.54) is 19.3 Å². The van der Waals surface area contributed by atoms with Crippen LogP contribution in [0.4, 0.5) is 0 Å². The Bertz CT molecular complexity index is 510. The predicted molar refractivity (Wildman–Crippen MR) is 79.7 cm³/mol. The van der Waals surface area contributed by atoms with Gasteiger partial charge in [0.1, 0.15) is 0 Å². The van der Waals surface area contributed by atoms with Crippen molar-refractivity contribution in [1.29, 1.82) is 0 Å². The first-order chi connectivity index (χ1) is 10.3. The molecule has 0 saturated carbocycles. The minimum Gasteiger partial charge on any atom is -0.390 e. The van der Waals surface area contributed by atoms with Gasteiger partial charge in [-0.1, -0.05) is 6.42 Å². The third-order valence-electron chi connectivity index (χ3n) is 4.11. The molecule has 0 radical (unpaired) electrons. The van der Waals surface area contributed by atoms with Gasteiger partial charge >= 0.3 is 0 Å². The van der Waals surface area contributed by atoms with E-state index >= 15 is 0 Å². The summed E-state index contributed by atoms with van der Waals surface area (Å²) in [5.41, 5.74) is 0. The fourth-order valence-electron chi connectivity index (χ4n) is 3.08. The van der Waals surface area contributed by atoms with Crippen molar-refractivity contribution in [3.63, 3.8) is 0 Å². The summed E-state index contributed by atoms with van der Waals surface area (Å²) in [5.74, 6) is 0. The molecular weight excluding hydrogens is 266 g/mol. The number of hydrogen-bond donors (Lipinski definition) is 1. The highest BCUT2D eigenvalue weighted by atomic mass is 16.3. The molecule has 2 aromatic heterocycles. The van der Waals surface area contributed by atoms with E-state index in [9.17, 15) is 5.11 Å². The van der Waals surface area contributed by atoms with Crippen molar-refractivity contribution in [1.82, 2.24) is 24.5 Å². The van der Waals surface area contributed by atoms with Gasteiger partial charge in [0.05, 0.1) is 19.2 Å². The number of aromatic nitrogens is 4. The molecule has 0 aromatic carbocycles. The van der Waals surface area contributed by atoms with Crippen LogP contribution in [0.15, 0.2) is 36.9 Å². The molecule has 1 N–H and O–H groups in total. The van der Waals surface area contributed by atoms with Gasteiger partial charge in [0.2, 0.25) is 0 Å². The standard InChI is InChI=1S/C15H23N5O/c21-15(13-20-10-4-7-17-20)12-18-8-2-1-5-14(18)11-19-9-3-6-16-19/h3-4,6-7,9-10,14-15,21H,1-2,5,8,11-13H2/t14-,15+/m0/s1. The van der Waals surface area contributed by atoms with Crippen LogP contribution in [-0.4, -0.2) is 54.8 Å². The molecule has 0 spiro atoms. The lowest BCUT2D eigenvalue weighted by Gasteiger charge is -2.36. The summed E-state index contributed by atoms with van der Waals surface area (Å²) >= 11 is 0. The van der Waals surface area contributed by atoms with Gasteiger partial charge in [-0.25, -0.2) is 0 Å². The van der Waals surface area contributed by atoms with Crippen molar-refractivity contribution >= 4 is 0 Å². The van der Waals surface area contributed by atoms with Crippen molar-refractivity contribution in [2.45, 2.75) is 44.5 Å². The van der Waals surface area contributed by atoms with Gasteiger partial charge in [0, 0.05) is 37.4 Å². The van der Waals surface area contributed by atoms with Crippen LogP contribution >= 0.6 is 0 Å². The Hall–Kier alpha value is -1.66. The van der Waals surface area contributed by atoms with E-state index in [4.69, 9.17) is 0 Å². The number of likely N-dealkylation sites (tertiary alicyclic amines) is 1.